The van der Waals surface area contributed by atoms with Crippen molar-refractivity contribution in [1.82, 2.24) is 19.2 Å². The maximum atomic E-state index is 12.4. The van der Waals surface area contributed by atoms with Gasteiger partial charge < -0.3 is 21.3 Å². The van der Waals surface area contributed by atoms with E-state index in [4.69, 9.17) is 10.7 Å². The fraction of sp³-hybridized carbons (Fsp3) is 0.433. The summed E-state index contributed by atoms with van der Waals surface area (Å²) in [5, 5.41) is 6.51. The Bertz CT molecular complexity index is 1350. The molecule has 5 rings (SSSR count). The van der Waals surface area contributed by atoms with Gasteiger partial charge in [-0.1, -0.05) is 31.9 Å². The second kappa shape index (κ2) is 12.4. The highest BCUT2D eigenvalue weighted by Gasteiger charge is 2.27. The number of aryl methyl sites for hydroxylation is 2. The molecular weight excluding hydrogens is 520 g/mol. The van der Waals surface area contributed by atoms with Crippen molar-refractivity contribution in [3.05, 3.63) is 59.4 Å². The van der Waals surface area contributed by atoms with E-state index >= 15 is 0 Å². The highest BCUT2D eigenvalue weighted by atomic mass is 32.1. The quantitative estimate of drug-likeness (QED) is 0.302. The van der Waals surface area contributed by atoms with Gasteiger partial charge in [0, 0.05) is 75.0 Å². The summed E-state index contributed by atoms with van der Waals surface area (Å²) in [5.74, 6) is -0.240. The molecule has 3 aromatic rings. The molecule has 212 valence electrons. The molecule has 4 N–H and O–H groups in total. The highest BCUT2D eigenvalue weighted by molar-refractivity contribution is 7.77. The maximum Gasteiger partial charge on any atom is 0.271 e. The summed E-state index contributed by atoms with van der Waals surface area (Å²) in [4.78, 5) is 27.0. The van der Waals surface area contributed by atoms with Crippen LogP contribution in [-0.4, -0.2) is 77.4 Å². The number of rotatable bonds is 8. The van der Waals surface area contributed by atoms with E-state index < -0.39 is 5.91 Å². The third-order valence-electron chi connectivity index (χ3n) is 8.03. The van der Waals surface area contributed by atoms with Crippen LogP contribution in [0.4, 0.5) is 22.9 Å². The van der Waals surface area contributed by atoms with Crippen molar-refractivity contribution in [2.75, 3.05) is 61.8 Å². The fourth-order valence-electron chi connectivity index (χ4n) is 5.80. The minimum atomic E-state index is -0.604. The molecule has 40 heavy (non-hydrogen) atoms. The van der Waals surface area contributed by atoms with E-state index in [0.29, 0.717) is 18.3 Å². The number of carbonyl (C=O) groups excluding carboxylic acids is 1. The van der Waals surface area contributed by atoms with E-state index in [0.717, 1.165) is 67.6 Å². The standard InChI is InChI=1S/C30H40N8OS/c1-4-25-27(21-6-5-7-22(19-21)32-3)35-30(28(34-25)29(31)39)33-23-8-9-26(20(2)18-23)37-12-10-24(11-13-37)36-14-16-38(40)17-15-36/h5-9,18-19,24,32,40H,4,10-17H2,1-3H3,(H2,31,39)(H,33,35). The number of carbonyl (C=O) groups is 1. The summed E-state index contributed by atoms with van der Waals surface area (Å²) in [6.45, 7) is 10.5. The van der Waals surface area contributed by atoms with E-state index in [1.165, 1.54) is 24.1 Å². The number of thiol groups is 1. The van der Waals surface area contributed by atoms with Gasteiger partial charge in [-0.25, -0.2) is 9.97 Å². The fourth-order valence-corrected chi connectivity index (χ4v) is 5.98. The molecule has 10 heteroatoms. The monoisotopic (exact) mass is 560 g/mol. The predicted octanol–water partition coefficient (Wildman–Crippen LogP) is 4.33. The zero-order chi connectivity index (χ0) is 28.2. The van der Waals surface area contributed by atoms with Crippen molar-refractivity contribution < 1.29 is 4.79 Å². The number of benzene rings is 2. The van der Waals surface area contributed by atoms with Crippen molar-refractivity contribution in [2.45, 2.75) is 39.2 Å². The van der Waals surface area contributed by atoms with Crippen LogP contribution in [-0.2, 0) is 6.42 Å². The van der Waals surface area contributed by atoms with E-state index in [9.17, 15) is 4.79 Å². The van der Waals surface area contributed by atoms with Gasteiger partial charge in [0.05, 0.1) is 11.4 Å². The average Bonchev–Trinajstić information content (AvgIpc) is 2.97. The van der Waals surface area contributed by atoms with Gasteiger partial charge in [0.25, 0.3) is 5.91 Å². The molecule has 2 fully saturated rings. The Kier molecular flexibility index (Phi) is 8.78. The molecule has 0 spiro atoms. The molecule has 0 unspecified atom stereocenters. The van der Waals surface area contributed by atoms with Gasteiger partial charge in [-0.2, -0.15) is 0 Å². The second-order valence-electron chi connectivity index (χ2n) is 10.6. The van der Waals surface area contributed by atoms with E-state index in [1.54, 1.807) is 0 Å². The normalized spacial score (nSPS) is 17.1. The number of hydrogen-bond donors (Lipinski definition) is 4. The average molecular weight is 561 g/mol. The smallest absolute Gasteiger partial charge is 0.271 e. The number of nitrogens with two attached hydrogens (primary N) is 1. The topological polar surface area (TPSA) is 103 Å². The summed E-state index contributed by atoms with van der Waals surface area (Å²) in [6, 6.07) is 15.0. The van der Waals surface area contributed by atoms with Crippen LogP contribution in [0.5, 0.6) is 0 Å². The van der Waals surface area contributed by atoms with E-state index in [1.807, 2.05) is 44.3 Å². The Balaban J connectivity index is 1.34. The molecule has 9 nitrogen and oxygen atoms in total. The molecule has 1 amide bonds. The molecule has 0 bridgehead atoms. The zero-order valence-electron chi connectivity index (χ0n) is 23.7. The van der Waals surface area contributed by atoms with Crippen LogP contribution in [0, 0.1) is 6.92 Å². The molecule has 2 saturated heterocycles. The first-order valence-electron chi connectivity index (χ1n) is 14.2. The summed E-state index contributed by atoms with van der Waals surface area (Å²) in [7, 11) is 1.88. The van der Waals surface area contributed by atoms with Gasteiger partial charge in [0.15, 0.2) is 11.5 Å². The van der Waals surface area contributed by atoms with Gasteiger partial charge in [-0.15, -0.1) is 0 Å². The molecular formula is C30H40N8OS. The van der Waals surface area contributed by atoms with Gasteiger partial charge in [-0.3, -0.25) is 14.0 Å². The molecule has 2 aliphatic rings. The third-order valence-corrected chi connectivity index (χ3v) is 8.43. The first kappa shape index (κ1) is 28.2. The van der Waals surface area contributed by atoms with Crippen molar-refractivity contribution in [1.29, 1.82) is 0 Å². The summed E-state index contributed by atoms with van der Waals surface area (Å²) in [5.41, 5.74) is 12.5. The van der Waals surface area contributed by atoms with Crippen molar-refractivity contribution in [3.63, 3.8) is 0 Å². The third kappa shape index (κ3) is 6.19. The van der Waals surface area contributed by atoms with Crippen LogP contribution in [0.3, 0.4) is 0 Å². The number of aromatic nitrogens is 2. The molecule has 2 aromatic carbocycles. The lowest BCUT2D eigenvalue weighted by Crippen LogP contribution is -2.51. The van der Waals surface area contributed by atoms with Gasteiger partial charge in [-0.05, 0) is 62.1 Å². The minimum Gasteiger partial charge on any atom is -0.388 e. The lowest BCUT2D eigenvalue weighted by molar-refractivity contribution is 0.0996. The summed E-state index contributed by atoms with van der Waals surface area (Å²) < 4.78 is 2.11. The Labute approximate surface area is 242 Å². The number of piperidine rings is 1. The first-order chi connectivity index (χ1) is 19.4. The molecule has 3 heterocycles. The number of primary amides is 1. The Morgan fingerprint density at radius 2 is 1.77 bits per heavy atom. The van der Waals surface area contributed by atoms with E-state index in [-0.39, 0.29) is 5.69 Å². The number of nitrogens with one attached hydrogen (secondary N) is 2. The van der Waals surface area contributed by atoms with Crippen molar-refractivity contribution in [3.8, 4) is 11.3 Å². The summed E-state index contributed by atoms with van der Waals surface area (Å²) >= 11 is 4.49. The highest BCUT2D eigenvalue weighted by Crippen LogP contribution is 2.31. The number of nitrogens with zero attached hydrogens (tertiary/aromatic N) is 5. The molecule has 2 aliphatic heterocycles. The zero-order valence-corrected chi connectivity index (χ0v) is 24.5. The number of anilines is 4. The Morgan fingerprint density at radius 3 is 2.42 bits per heavy atom. The van der Waals surface area contributed by atoms with Crippen LogP contribution >= 0.6 is 12.8 Å². The van der Waals surface area contributed by atoms with Gasteiger partial charge in [0.1, 0.15) is 0 Å². The van der Waals surface area contributed by atoms with Crippen molar-refractivity contribution >= 4 is 41.6 Å². The van der Waals surface area contributed by atoms with Crippen LogP contribution in [0.15, 0.2) is 42.5 Å². The molecule has 0 atom stereocenters. The SMILES string of the molecule is CCc1nc(C(N)=O)c(Nc2ccc(N3CCC(N4CCN(S)CC4)CC3)c(C)c2)nc1-c1cccc(NC)c1. The molecule has 0 saturated carbocycles. The number of piperazine rings is 1. The largest absolute Gasteiger partial charge is 0.388 e. The molecule has 0 aliphatic carbocycles. The number of hydrogen-bond acceptors (Lipinski definition) is 9. The van der Waals surface area contributed by atoms with Gasteiger partial charge in [0.2, 0.25) is 0 Å². The Morgan fingerprint density at radius 1 is 1.02 bits per heavy atom. The Hall–Kier alpha value is -3.34. The first-order valence-corrected chi connectivity index (χ1v) is 14.6. The molecule has 1 aromatic heterocycles. The lowest BCUT2D eigenvalue weighted by Gasteiger charge is -2.42. The van der Waals surface area contributed by atoms with E-state index in [2.05, 4.69) is 61.6 Å². The van der Waals surface area contributed by atoms with Crippen LogP contribution in [0.2, 0.25) is 0 Å². The number of amides is 1. The van der Waals surface area contributed by atoms with Crippen molar-refractivity contribution in [2.24, 2.45) is 5.73 Å². The predicted molar refractivity (Wildman–Crippen MR) is 167 cm³/mol. The van der Waals surface area contributed by atoms with Crippen LogP contribution in [0.1, 0.15) is 41.5 Å². The van der Waals surface area contributed by atoms with Gasteiger partial charge >= 0.3 is 0 Å². The lowest BCUT2D eigenvalue weighted by atomic mass is 10.0. The second-order valence-corrected chi connectivity index (χ2v) is 11.2. The molecule has 0 radical (unpaired) electrons. The summed E-state index contributed by atoms with van der Waals surface area (Å²) in [6.07, 6.45) is 2.97. The van der Waals surface area contributed by atoms with Crippen LogP contribution < -0.4 is 21.3 Å². The minimum absolute atomic E-state index is 0.146. The maximum absolute atomic E-state index is 12.4. The van der Waals surface area contributed by atoms with Crippen LogP contribution in [0.25, 0.3) is 11.3 Å².